The Morgan fingerprint density at radius 2 is 1.88 bits per heavy atom. The van der Waals surface area contributed by atoms with Crippen LogP contribution in [0.5, 0.6) is 0 Å². The predicted octanol–water partition coefficient (Wildman–Crippen LogP) is 2.98. The summed E-state index contributed by atoms with van der Waals surface area (Å²) in [5, 5.41) is 10.9. The van der Waals surface area contributed by atoms with Crippen molar-refractivity contribution in [3.8, 4) is 11.5 Å². The van der Waals surface area contributed by atoms with Crippen LogP contribution in [0.1, 0.15) is 5.89 Å². The highest BCUT2D eigenvalue weighted by Gasteiger charge is 2.09. The molecule has 0 saturated heterocycles. The van der Waals surface area contributed by atoms with Crippen LogP contribution >= 0.6 is 31.9 Å². The van der Waals surface area contributed by atoms with Gasteiger partial charge in [-0.25, -0.2) is 0 Å². The number of benzene rings is 1. The molecule has 16 heavy (non-hydrogen) atoms. The van der Waals surface area contributed by atoms with Crippen molar-refractivity contribution in [3.05, 3.63) is 33.0 Å². The van der Waals surface area contributed by atoms with Gasteiger partial charge in [-0.3, -0.25) is 0 Å². The molecule has 1 N–H and O–H groups in total. The third kappa shape index (κ3) is 2.69. The molecule has 0 bridgehead atoms. The molecule has 2 rings (SSSR count). The molecule has 0 radical (unpaired) electrons. The fourth-order valence-corrected chi connectivity index (χ4v) is 2.56. The summed E-state index contributed by atoms with van der Waals surface area (Å²) in [5.74, 6) is 1.10. The SMILES string of the molecule is CNCc1nnc(-c2cc(Br)cc(Br)c2)o1. The molecule has 0 aliphatic carbocycles. The van der Waals surface area contributed by atoms with E-state index in [1.807, 2.05) is 25.2 Å². The van der Waals surface area contributed by atoms with Gasteiger partial charge in [0.15, 0.2) is 0 Å². The molecule has 0 fully saturated rings. The summed E-state index contributed by atoms with van der Waals surface area (Å²) in [6.45, 7) is 0.572. The summed E-state index contributed by atoms with van der Waals surface area (Å²) >= 11 is 6.83. The molecule has 2 aromatic rings. The van der Waals surface area contributed by atoms with Crippen molar-refractivity contribution in [2.24, 2.45) is 0 Å². The first-order valence-corrected chi connectivity index (χ1v) is 6.21. The first-order valence-electron chi connectivity index (χ1n) is 4.62. The fourth-order valence-electron chi connectivity index (χ4n) is 1.27. The van der Waals surface area contributed by atoms with Crippen molar-refractivity contribution in [2.45, 2.75) is 6.54 Å². The summed E-state index contributed by atoms with van der Waals surface area (Å²) in [7, 11) is 1.83. The predicted molar refractivity (Wildman–Crippen MR) is 67.9 cm³/mol. The van der Waals surface area contributed by atoms with E-state index in [1.54, 1.807) is 0 Å². The van der Waals surface area contributed by atoms with Gasteiger partial charge in [-0.2, -0.15) is 0 Å². The van der Waals surface area contributed by atoms with Crippen LogP contribution in [0, 0.1) is 0 Å². The number of aromatic nitrogens is 2. The highest BCUT2D eigenvalue weighted by atomic mass is 79.9. The lowest BCUT2D eigenvalue weighted by atomic mass is 10.2. The Hall–Kier alpha value is -0.720. The Morgan fingerprint density at radius 1 is 1.19 bits per heavy atom. The van der Waals surface area contributed by atoms with Gasteiger partial charge in [0.05, 0.1) is 6.54 Å². The smallest absolute Gasteiger partial charge is 0.247 e. The number of nitrogens with one attached hydrogen (secondary N) is 1. The Labute approximate surface area is 110 Å². The molecule has 4 nitrogen and oxygen atoms in total. The maximum absolute atomic E-state index is 5.49. The molecular formula is C10H9Br2N3O. The van der Waals surface area contributed by atoms with E-state index in [0.29, 0.717) is 18.3 Å². The van der Waals surface area contributed by atoms with Gasteiger partial charge < -0.3 is 9.73 Å². The maximum Gasteiger partial charge on any atom is 0.247 e. The summed E-state index contributed by atoms with van der Waals surface area (Å²) in [5.41, 5.74) is 0.885. The minimum atomic E-state index is 0.521. The van der Waals surface area contributed by atoms with E-state index in [-0.39, 0.29) is 0 Å². The molecule has 6 heteroatoms. The lowest BCUT2D eigenvalue weighted by Gasteiger charge is -1.98. The highest BCUT2D eigenvalue weighted by Crippen LogP contribution is 2.26. The molecule has 0 atom stereocenters. The molecule has 0 unspecified atom stereocenters. The Kier molecular flexibility index (Phi) is 3.73. The molecule has 0 spiro atoms. The van der Waals surface area contributed by atoms with Crippen LogP contribution in [0.2, 0.25) is 0 Å². The van der Waals surface area contributed by atoms with Gasteiger partial charge in [0.1, 0.15) is 0 Å². The molecule has 1 aromatic carbocycles. The number of nitrogens with zero attached hydrogens (tertiary/aromatic N) is 2. The molecule has 0 amide bonds. The zero-order valence-electron chi connectivity index (χ0n) is 8.50. The van der Waals surface area contributed by atoms with Crippen molar-refractivity contribution >= 4 is 31.9 Å². The minimum absolute atomic E-state index is 0.521. The average Bonchev–Trinajstić information content (AvgIpc) is 2.65. The number of hydrogen-bond donors (Lipinski definition) is 1. The Morgan fingerprint density at radius 3 is 2.50 bits per heavy atom. The van der Waals surface area contributed by atoms with E-state index >= 15 is 0 Å². The van der Waals surface area contributed by atoms with E-state index in [0.717, 1.165) is 14.5 Å². The summed E-state index contributed by atoms with van der Waals surface area (Å²) in [6.07, 6.45) is 0. The lowest BCUT2D eigenvalue weighted by molar-refractivity contribution is 0.490. The van der Waals surface area contributed by atoms with Gasteiger partial charge in [-0.05, 0) is 25.2 Å². The van der Waals surface area contributed by atoms with Crippen LogP contribution in [0.4, 0.5) is 0 Å². The molecule has 0 aliphatic heterocycles. The van der Waals surface area contributed by atoms with Crippen molar-refractivity contribution in [1.82, 2.24) is 15.5 Å². The average molecular weight is 347 g/mol. The Balaban J connectivity index is 2.34. The summed E-state index contributed by atoms with van der Waals surface area (Å²) in [6, 6.07) is 5.82. The third-order valence-corrected chi connectivity index (χ3v) is 2.82. The van der Waals surface area contributed by atoms with Crippen LogP contribution < -0.4 is 5.32 Å². The van der Waals surface area contributed by atoms with Crippen LogP contribution in [-0.2, 0) is 6.54 Å². The van der Waals surface area contributed by atoms with E-state index in [1.165, 1.54) is 0 Å². The zero-order chi connectivity index (χ0) is 11.5. The molecule has 0 aliphatic rings. The molecule has 0 saturated carbocycles. The summed E-state index contributed by atoms with van der Waals surface area (Å²) in [4.78, 5) is 0. The van der Waals surface area contributed by atoms with Crippen molar-refractivity contribution in [2.75, 3.05) is 7.05 Å². The first kappa shape index (κ1) is 11.8. The van der Waals surface area contributed by atoms with E-state index in [9.17, 15) is 0 Å². The van der Waals surface area contributed by atoms with Crippen molar-refractivity contribution in [3.63, 3.8) is 0 Å². The van der Waals surface area contributed by atoms with Gasteiger partial charge in [0.2, 0.25) is 11.8 Å². The second-order valence-electron chi connectivity index (χ2n) is 3.19. The topological polar surface area (TPSA) is 51.0 Å². The van der Waals surface area contributed by atoms with Gasteiger partial charge in [0, 0.05) is 14.5 Å². The lowest BCUT2D eigenvalue weighted by Crippen LogP contribution is -2.04. The molecule has 84 valence electrons. The largest absolute Gasteiger partial charge is 0.419 e. The minimum Gasteiger partial charge on any atom is -0.419 e. The van der Waals surface area contributed by atoms with E-state index in [2.05, 4.69) is 47.4 Å². The van der Waals surface area contributed by atoms with Crippen molar-refractivity contribution in [1.29, 1.82) is 0 Å². The molecule has 1 aromatic heterocycles. The molecule has 1 heterocycles. The first-order chi connectivity index (χ1) is 7.69. The second-order valence-corrected chi connectivity index (χ2v) is 5.02. The van der Waals surface area contributed by atoms with Crippen LogP contribution in [0.25, 0.3) is 11.5 Å². The third-order valence-electron chi connectivity index (χ3n) is 1.90. The number of rotatable bonds is 3. The van der Waals surface area contributed by atoms with Crippen LogP contribution in [-0.4, -0.2) is 17.2 Å². The van der Waals surface area contributed by atoms with Gasteiger partial charge in [-0.15, -0.1) is 10.2 Å². The maximum atomic E-state index is 5.49. The summed E-state index contributed by atoms with van der Waals surface area (Å²) < 4.78 is 7.42. The van der Waals surface area contributed by atoms with Crippen LogP contribution in [0.15, 0.2) is 31.6 Å². The Bertz CT molecular complexity index is 478. The monoisotopic (exact) mass is 345 g/mol. The van der Waals surface area contributed by atoms with Gasteiger partial charge >= 0.3 is 0 Å². The fraction of sp³-hybridized carbons (Fsp3) is 0.200. The van der Waals surface area contributed by atoms with E-state index in [4.69, 9.17) is 4.42 Å². The van der Waals surface area contributed by atoms with Gasteiger partial charge in [0.25, 0.3) is 0 Å². The number of hydrogen-bond acceptors (Lipinski definition) is 4. The highest BCUT2D eigenvalue weighted by molar-refractivity contribution is 9.11. The zero-order valence-corrected chi connectivity index (χ0v) is 11.7. The number of halogens is 2. The molecular weight excluding hydrogens is 338 g/mol. The second kappa shape index (κ2) is 5.07. The standard InChI is InChI=1S/C10H9Br2N3O/c1-13-5-9-14-15-10(16-9)6-2-7(11)4-8(12)3-6/h2-4,13H,5H2,1H3. The quantitative estimate of drug-likeness (QED) is 0.928. The van der Waals surface area contributed by atoms with Gasteiger partial charge in [-0.1, -0.05) is 31.9 Å². The van der Waals surface area contributed by atoms with E-state index < -0.39 is 0 Å². The van der Waals surface area contributed by atoms with Crippen LogP contribution in [0.3, 0.4) is 0 Å². The van der Waals surface area contributed by atoms with Crippen molar-refractivity contribution < 1.29 is 4.42 Å². The normalized spacial score (nSPS) is 10.7.